The van der Waals surface area contributed by atoms with E-state index in [0.29, 0.717) is 39.1 Å². The summed E-state index contributed by atoms with van der Waals surface area (Å²) < 4.78 is 13.1. The van der Waals surface area contributed by atoms with Crippen LogP contribution in [-0.4, -0.2) is 20.8 Å². The van der Waals surface area contributed by atoms with Crippen LogP contribution < -0.4 is 10.3 Å². The molecule has 6 aromatic rings. The van der Waals surface area contributed by atoms with Crippen LogP contribution in [0.1, 0.15) is 11.1 Å². The molecule has 0 aliphatic rings. The van der Waals surface area contributed by atoms with Gasteiger partial charge in [0, 0.05) is 17.5 Å². The molecule has 9 heteroatoms. The fourth-order valence-electron chi connectivity index (χ4n) is 4.22. The molecule has 0 amide bonds. The van der Waals surface area contributed by atoms with E-state index in [1.807, 2.05) is 42.5 Å². The normalized spacial score (nSPS) is 11.4. The highest BCUT2D eigenvalue weighted by Crippen LogP contribution is 2.27. The second-order valence-corrected chi connectivity index (χ2v) is 8.75. The second kappa shape index (κ2) is 10.1. The lowest BCUT2D eigenvalue weighted by atomic mass is 10.2. The van der Waals surface area contributed by atoms with Crippen LogP contribution in [0.3, 0.4) is 0 Å². The van der Waals surface area contributed by atoms with Gasteiger partial charge >= 0.3 is 0 Å². The monoisotopic (exact) mass is 516 g/mol. The Hall–Kier alpha value is -5.57. The average molecular weight is 517 g/mol. The molecule has 190 valence electrons. The van der Waals surface area contributed by atoms with Gasteiger partial charge in [-0.1, -0.05) is 54.6 Å². The van der Waals surface area contributed by atoms with E-state index in [-0.39, 0.29) is 23.7 Å². The number of hydrogen-bond donors (Lipinski definition) is 0. The van der Waals surface area contributed by atoms with Crippen molar-refractivity contribution < 1.29 is 14.1 Å². The van der Waals surface area contributed by atoms with Crippen LogP contribution in [0.2, 0.25) is 0 Å². The summed E-state index contributed by atoms with van der Waals surface area (Å²) in [4.78, 5) is 28.7. The molecule has 0 saturated heterocycles. The van der Waals surface area contributed by atoms with Crippen molar-refractivity contribution >= 4 is 33.8 Å². The Morgan fingerprint density at radius 3 is 2.64 bits per heavy atom. The number of para-hydroxylation sites is 2. The highest BCUT2D eigenvalue weighted by Gasteiger charge is 2.16. The number of rotatable bonds is 7. The standard InChI is InChI=1S/C30H20N4O5/c35-30-25-12-2-3-13-26(25)32-29(28-17-22-9-1-4-14-27(22)39-28)33(30)31-18-20-7-6-11-24(16-20)38-19-21-8-5-10-23(15-21)34(36)37/h1-18H,19H2. The molecule has 39 heavy (non-hydrogen) atoms. The minimum atomic E-state index is -0.441. The maximum Gasteiger partial charge on any atom is 0.282 e. The molecule has 0 fully saturated rings. The van der Waals surface area contributed by atoms with E-state index < -0.39 is 4.92 Å². The van der Waals surface area contributed by atoms with Gasteiger partial charge in [0.15, 0.2) is 5.76 Å². The molecule has 0 aliphatic carbocycles. The number of fused-ring (bicyclic) bond motifs is 2. The summed E-state index contributed by atoms with van der Waals surface area (Å²) in [6.45, 7) is 0.159. The molecule has 4 aromatic carbocycles. The van der Waals surface area contributed by atoms with E-state index >= 15 is 0 Å². The summed E-state index contributed by atoms with van der Waals surface area (Å²) in [5.41, 5.74) is 2.26. The molecule has 2 aromatic heterocycles. The van der Waals surface area contributed by atoms with Crippen molar-refractivity contribution in [2.75, 3.05) is 0 Å². The van der Waals surface area contributed by atoms with Gasteiger partial charge in [0.05, 0.1) is 22.0 Å². The van der Waals surface area contributed by atoms with E-state index in [9.17, 15) is 14.9 Å². The van der Waals surface area contributed by atoms with Crippen molar-refractivity contribution in [3.63, 3.8) is 0 Å². The van der Waals surface area contributed by atoms with Crippen LogP contribution in [0.15, 0.2) is 117 Å². The van der Waals surface area contributed by atoms with Crippen LogP contribution in [0.25, 0.3) is 33.5 Å². The predicted molar refractivity (Wildman–Crippen MR) is 148 cm³/mol. The molecule has 2 heterocycles. The van der Waals surface area contributed by atoms with Crippen molar-refractivity contribution in [2.45, 2.75) is 6.61 Å². The fraction of sp³-hybridized carbons (Fsp3) is 0.0333. The molecule has 0 bridgehead atoms. The quantitative estimate of drug-likeness (QED) is 0.142. The van der Waals surface area contributed by atoms with Crippen molar-refractivity contribution in [2.24, 2.45) is 5.10 Å². The molecule has 0 spiro atoms. The molecule has 0 aliphatic heterocycles. The van der Waals surface area contributed by atoms with Crippen molar-refractivity contribution in [3.05, 3.63) is 135 Å². The van der Waals surface area contributed by atoms with Crippen molar-refractivity contribution in [1.29, 1.82) is 0 Å². The number of ether oxygens (including phenoxy) is 1. The molecule has 0 atom stereocenters. The van der Waals surface area contributed by atoms with Crippen LogP contribution in [0.5, 0.6) is 5.75 Å². The van der Waals surface area contributed by atoms with Crippen LogP contribution in [0, 0.1) is 10.1 Å². The zero-order valence-corrected chi connectivity index (χ0v) is 20.4. The molecular formula is C30H20N4O5. The van der Waals surface area contributed by atoms with E-state index in [4.69, 9.17) is 14.1 Å². The molecular weight excluding hydrogens is 496 g/mol. The Bertz CT molecular complexity index is 1910. The maximum absolute atomic E-state index is 13.5. The Labute approximate surface area is 221 Å². The third-order valence-electron chi connectivity index (χ3n) is 6.11. The first kappa shape index (κ1) is 23.8. The van der Waals surface area contributed by atoms with Gasteiger partial charge in [0.1, 0.15) is 17.9 Å². The number of benzene rings is 4. The van der Waals surface area contributed by atoms with Crippen LogP contribution in [0.4, 0.5) is 5.69 Å². The Morgan fingerprint density at radius 2 is 1.77 bits per heavy atom. The minimum Gasteiger partial charge on any atom is -0.489 e. The highest BCUT2D eigenvalue weighted by molar-refractivity contribution is 5.85. The predicted octanol–water partition coefficient (Wildman–Crippen LogP) is 6.18. The van der Waals surface area contributed by atoms with Crippen molar-refractivity contribution in [1.82, 2.24) is 9.66 Å². The van der Waals surface area contributed by atoms with Gasteiger partial charge in [-0.05, 0) is 47.5 Å². The third-order valence-corrected chi connectivity index (χ3v) is 6.11. The molecule has 0 radical (unpaired) electrons. The lowest BCUT2D eigenvalue weighted by Gasteiger charge is -2.08. The van der Waals surface area contributed by atoms with Gasteiger partial charge in [0.2, 0.25) is 5.82 Å². The zero-order valence-electron chi connectivity index (χ0n) is 20.4. The largest absolute Gasteiger partial charge is 0.489 e. The summed E-state index contributed by atoms with van der Waals surface area (Å²) in [6, 6.07) is 29.9. The number of hydrogen-bond acceptors (Lipinski definition) is 7. The Balaban J connectivity index is 1.33. The molecule has 6 rings (SSSR count). The lowest BCUT2D eigenvalue weighted by molar-refractivity contribution is -0.384. The first-order valence-electron chi connectivity index (χ1n) is 12.1. The van der Waals surface area contributed by atoms with E-state index in [1.165, 1.54) is 16.8 Å². The summed E-state index contributed by atoms with van der Waals surface area (Å²) in [5, 5.41) is 16.8. The summed E-state index contributed by atoms with van der Waals surface area (Å²) in [5.74, 6) is 1.25. The molecule has 0 unspecified atom stereocenters. The maximum atomic E-state index is 13.5. The first-order valence-corrected chi connectivity index (χ1v) is 12.1. The van der Waals surface area contributed by atoms with Gasteiger partial charge < -0.3 is 9.15 Å². The molecule has 0 N–H and O–H groups in total. The third kappa shape index (κ3) is 4.88. The average Bonchev–Trinajstić information content (AvgIpc) is 3.40. The van der Waals surface area contributed by atoms with Crippen LogP contribution in [-0.2, 0) is 6.61 Å². The summed E-state index contributed by atoms with van der Waals surface area (Å²) in [7, 11) is 0. The van der Waals surface area contributed by atoms with Gasteiger partial charge in [-0.2, -0.15) is 9.78 Å². The Morgan fingerprint density at radius 1 is 0.949 bits per heavy atom. The zero-order chi connectivity index (χ0) is 26.8. The van der Waals surface area contributed by atoms with E-state index in [0.717, 1.165) is 5.39 Å². The molecule has 0 saturated carbocycles. The van der Waals surface area contributed by atoms with Crippen molar-refractivity contribution in [3.8, 4) is 17.3 Å². The number of furan rings is 1. The first-order chi connectivity index (χ1) is 19.0. The van der Waals surface area contributed by atoms with Gasteiger partial charge in [0.25, 0.3) is 11.2 Å². The minimum absolute atomic E-state index is 0.00618. The van der Waals surface area contributed by atoms with Gasteiger partial charge in [-0.3, -0.25) is 14.9 Å². The second-order valence-electron chi connectivity index (χ2n) is 8.75. The molecule has 9 nitrogen and oxygen atoms in total. The SMILES string of the molecule is O=c1c2ccccc2nc(-c2cc3ccccc3o2)n1N=Cc1cccc(OCc2cccc([N+](=O)[O-])c2)c1. The summed E-state index contributed by atoms with van der Waals surface area (Å²) >= 11 is 0. The smallest absolute Gasteiger partial charge is 0.282 e. The van der Waals surface area contributed by atoms with Crippen LogP contribution >= 0.6 is 0 Å². The fourth-order valence-corrected chi connectivity index (χ4v) is 4.22. The topological polar surface area (TPSA) is 113 Å². The van der Waals surface area contributed by atoms with Gasteiger partial charge in [-0.25, -0.2) is 4.98 Å². The number of nitro benzene ring substituents is 1. The highest BCUT2D eigenvalue weighted by atomic mass is 16.6. The number of aromatic nitrogens is 2. The number of non-ortho nitro benzene ring substituents is 1. The number of nitrogens with zero attached hydrogens (tertiary/aromatic N) is 4. The lowest BCUT2D eigenvalue weighted by Crippen LogP contribution is -2.20. The Kier molecular flexibility index (Phi) is 6.14. The summed E-state index contributed by atoms with van der Waals surface area (Å²) in [6.07, 6.45) is 1.55. The van der Waals surface area contributed by atoms with Gasteiger partial charge in [-0.15, -0.1) is 0 Å². The van der Waals surface area contributed by atoms with E-state index in [2.05, 4.69) is 5.10 Å². The number of nitro groups is 1. The van der Waals surface area contributed by atoms with E-state index in [1.54, 1.807) is 54.7 Å².